The van der Waals surface area contributed by atoms with Crippen LogP contribution in [0.3, 0.4) is 0 Å². The molecule has 66 heavy (non-hydrogen) atoms. The zero-order valence-electron chi connectivity index (χ0n) is 42.3. The number of aryl methyl sites for hydroxylation is 1. The molecule has 5 nitrogen and oxygen atoms in total. The molecule has 6 aromatic carbocycles. The Morgan fingerprint density at radius 1 is 0.788 bits per heavy atom. The van der Waals surface area contributed by atoms with E-state index in [1.807, 2.05) is 79.2 Å². The van der Waals surface area contributed by atoms with Crippen molar-refractivity contribution in [1.82, 2.24) is 19.5 Å². The van der Waals surface area contributed by atoms with E-state index < -0.39 is 20.8 Å². The number of nitrogens with zero attached hydrogens (tertiary/aromatic N) is 4. The Morgan fingerprint density at radius 2 is 1.58 bits per heavy atom. The normalized spacial score (nSPS) is 13.0. The number of furan rings is 1. The van der Waals surface area contributed by atoms with E-state index in [4.69, 9.17) is 19.9 Å². The van der Waals surface area contributed by atoms with E-state index >= 15 is 4.39 Å². The summed E-state index contributed by atoms with van der Waals surface area (Å²) in [4.78, 5) is 14.5. The maximum atomic E-state index is 15.0. The number of hydrogen-bond acceptors (Lipinski definition) is 4. The molecular weight excluding hydrogens is 1010 g/mol. The molecule has 10 rings (SSSR count). The molecule has 4 heterocycles. The van der Waals surface area contributed by atoms with Gasteiger partial charge in [-0.15, -0.1) is 53.6 Å². The van der Waals surface area contributed by atoms with E-state index in [1.54, 1.807) is 36.5 Å². The van der Waals surface area contributed by atoms with Gasteiger partial charge in [0, 0.05) is 49.1 Å². The Morgan fingerprint density at radius 3 is 2.24 bits per heavy atom. The molecule has 8 heteroatoms. The van der Waals surface area contributed by atoms with Gasteiger partial charge < -0.3 is 14.0 Å². The minimum atomic E-state index is -2.18. The summed E-state index contributed by atoms with van der Waals surface area (Å²) in [6.45, 7) is 15.1. The first-order chi connectivity index (χ1) is 32.6. The van der Waals surface area contributed by atoms with Gasteiger partial charge in [-0.05, 0) is 69.5 Å². The molecule has 0 aliphatic carbocycles. The van der Waals surface area contributed by atoms with Crippen LogP contribution in [-0.2, 0) is 25.5 Å². The third kappa shape index (κ3) is 9.23. The molecule has 0 saturated heterocycles. The monoisotopic (exact) mass is 1070 g/mol. The number of hydrogen-bond donors (Lipinski definition) is 0. The van der Waals surface area contributed by atoms with Gasteiger partial charge in [0.15, 0.2) is 0 Å². The first-order valence-electron chi connectivity index (χ1n) is 23.9. The molecule has 0 aliphatic rings. The third-order valence-corrected chi connectivity index (χ3v) is 13.8. The fourth-order valence-corrected chi connectivity index (χ4v) is 9.21. The molecule has 0 N–H and O–H groups in total. The van der Waals surface area contributed by atoms with Crippen LogP contribution in [0.15, 0.2) is 156 Å². The van der Waals surface area contributed by atoms with Gasteiger partial charge in [-0.1, -0.05) is 156 Å². The smallest absolute Gasteiger partial charge is 0.139 e. The van der Waals surface area contributed by atoms with Crippen LogP contribution in [0, 0.1) is 24.8 Å². The minimum Gasteiger partial charge on any atom is -0.499 e. The number of halogens is 1. The number of aromatic nitrogens is 4. The molecule has 0 aliphatic heterocycles. The van der Waals surface area contributed by atoms with Crippen molar-refractivity contribution in [1.29, 1.82) is 0 Å². The molecule has 333 valence electrons. The van der Waals surface area contributed by atoms with E-state index in [9.17, 15) is 0 Å². The van der Waals surface area contributed by atoms with Crippen LogP contribution in [0.4, 0.5) is 4.39 Å². The first kappa shape index (κ1) is 41.1. The number of rotatable bonds is 7. The number of para-hydroxylation sites is 1. The van der Waals surface area contributed by atoms with Gasteiger partial charge in [0.25, 0.3) is 0 Å². The molecule has 0 spiro atoms. The van der Waals surface area contributed by atoms with E-state index in [-0.39, 0.29) is 36.9 Å². The Kier molecular flexibility index (Phi) is 11.5. The van der Waals surface area contributed by atoms with Crippen molar-refractivity contribution in [3.63, 3.8) is 0 Å². The van der Waals surface area contributed by atoms with Crippen molar-refractivity contribution in [3.8, 4) is 50.6 Å². The van der Waals surface area contributed by atoms with E-state index in [0.717, 1.165) is 55.7 Å². The maximum Gasteiger partial charge on any atom is 0.139 e. The summed E-state index contributed by atoms with van der Waals surface area (Å²) >= 11 is 0. The van der Waals surface area contributed by atoms with Crippen molar-refractivity contribution < 1.29 is 34.4 Å². The summed E-state index contributed by atoms with van der Waals surface area (Å²) < 4.78 is 54.8. The fourth-order valence-electron chi connectivity index (χ4n) is 8.17. The average Bonchev–Trinajstić information content (AvgIpc) is 3.88. The summed E-state index contributed by atoms with van der Waals surface area (Å²) in [6, 6.07) is 50.4. The van der Waals surface area contributed by atoms with Crippen LogP contribution in [0.5, 0.6) is 0 Å². The molecule has 0 atom stereocenters. The van der Waals surface area contributed by atoms with Gasteiger partial charge in [0.1, 0.15) is 11.4 Å². The van der Waals surface area contributed by atoms with Crippen LogP contribution >= 0.6 is 0 Å². The van der Waals surface area contributed by atoms with Crippen molar-refractivity contribution >= 4 is 46.4 Å². The molecule has 0 unspecified atom stereocenters. The predicted molar refractivity (Wildman–Crippen MR) is 270 cm³/mol. The average molecular weight is 1070 g/mol. The number of pyridine rings is 2. The Balaban J connectivity index is 0.000000264. The van der Waals surface area contributed by atoms with E-state index in [2.05, 4.69) is 100.0 Å². The SMILES string of the molecule is [2H]C(C)(C)c1c[c-]c(-c2ccc([Si](C)(C)C)cn2)cc1.[2H]C([2H])([2H])c1ccc(-c2cnc3c(c2)oc2c(-c4nc5ccc(F)cc5n4-c4c(-c5ccccc5)cccc4C(C)(C)C)[c-]ccc23)cc1.[Ir]. The topological polar surface area (TPSA) is 56.7 Å². The summed E-state index contributed by atoms with van der Waals surface area (Å²) in [5, 5.41) is 2.16. The van der Waals surface area contributed by atoms with Crippen LogP contribution in [0.2, 0.25) is 19.6 Å². The quantitative estimate of drug-likeness (QED) is 0.118. The number of benzene rings is 6. The van der Waals surface area contributed by atoms with Gasteiger partial charge in [0.05, 0.1) is 41.7 Å². The molecule has 4 aromatic heterocycles. The molecule has 10 aromatic rings. The Bertz CT molecular complexity index is 3420. The number of fused-ring (bicyclic) bond motifs is 4. The van der Waals surface area contributed by atoms with Gasteiger partial charge in [0.2, 0.25) is 0 Å². The zero-order valence-corrected chi connectivity index (χ0v) is 41.7. The standard InChI is InChI=1S/C41H31FN3O.C17H22NSi.Ir/c1-25-16-18-26(19-17-25)28-22-36-37(43-24-28)31-13-8-14-32(39(31)46-36)40-44-34-21-20-29(42)23-35(34)45(40)38-30(27-10-6-5-7-11-27)12-9-15-33(38)41(2,3)4;1-13(2)14-6-8-15(9-7-14)17-11-10-16(12-18-17)19(3,4)5;/h5-13,15-24H,1-4H3;6-8,10-13H,1-5H3;/q2*-1;/i1D3;13D;. The van der Waals surface area contributed by atoms with Gasteiger partial charge in [-0.3, -0.25) is 9.97 Å². The molecule has 0 amide bonds. The van der Waals surface area contributed by atoms with Crippen molar-refractivity contribution in [2.24, 2.45) is 0 Å². The van der Waals surface area contributed by atoms with E-state index in [0.29, 0.717) is 39.1 Å². The maximum absolute atomic E-state index is 15.0. The second-order valence-electron chi connectivity index (χ2n) is 18.7. The van der Waals surface area contributed by atoms with Crippen LogP contribution in [0.1, 0.15) is 62.7 Å². The van der Waals surface area contributed by atoms with Crippen LogP contribution in [0.25, 0.3) is 83.7 Å². The van der Waals surface area contributed by atoms with Crippen molar-refractivity contribution in [2.75, 3.05) is 0 Å². The minimum absolute atomic E-state index is 0. The van der Waals surface area contributed by atoms with E-state index in [1.165, 1.54) is 17.3 Å². The fraction of sp³-hybridized carbons (Fsp3) is 0.190. The zero-order chi connectivity index (χ0) is 49.0. The summed E-state index contributed by atoms with van der Waals surface area (Å²) in [5.74, 6) is -0.367. The Hall–Kier alpha value is -6.31. The van der Waals surface area contributed by atoms with Crippen molar-refractivity contribution in [2.45, 2.75) is 72.4 Å². The molecule has 1 radical (unpaired) electrons. The second kappa shape index (κ2) is 18.5. The van der Waals surface area contributed by atoms with Crippen LogP contribution in [-0.4, -0.2) is 27.6 Å². The second-order valence-corrected chi connectivity index (χ2v) is 23.8. The van der Waals surface area contributed by atoms with Crippen LogP contribution < -0.4 is 5.19 Å². The Labute approximate surface area is 407 Å². The van der Waals surface area contributed by atoms with Gasteiger partial charge in [-0.2, -0.15) is 0 Å². The summed E-state index contributed by atoms with van der Waals surface area (Å²) in [6.07, 6.45) is 3.76. The first-order valence-corrected chi connectivity index (χ1v) is 25.4. The van der Waals surface area contributed by atoms with Crippen molar-refractivity contribution in [3.05, 3.63) is 187 Å². The predicted octanol–water partition coefficient (Wildman–Crippen LogP) is 15.1. The largest absolute Gasteiger partial charge is 0.499 e. The van der Waals surface area contributed by atoms with Gasteiger partial charge in [-0.25, -0.2) is 4.39 Å². The molecule has 0 bridgehead atoms. The summed E-state index contributed by atoms with van der Waals surface area (Å²) in [7, 11) is -1.29. The molecule has 0 fully saturated rings. The summed E-state index contributed by atoms with van der Waals surface area (Å²) in [5.41, 5.74) is 12.3. The number of imidazole rings is 1. The van der Waals surface area contributed by atoms with Gasteiger partial charge >= 0.3 is 0 Å². The molecule has 0 saturated carbocycles. The molecular formula is C58H53FIrN4OSi-2. The third-order valence-electron chi connectivity index (χ3n) is 11.8.